The molecule has 0 fully saturated rings. The Bertz CT molecular complexity index is 795. The predicted octanol–water partition coefficient (Wildman–Crippen LogP) is 10.3. The monoisotopic (exact) mass is 1110 g/mol. The molecule has 0 saturated heterocycles. The number of aliphatic imine (C=N–C) groups is 1. The summed E-state index contributed by atoms with van der Waals surface area (Å²) in [7, 11) is 0. The zero-order chi connectivity index (χ0) is 29.2. The Hall–Kier alpha value is 1.64. The zero-order valence-electron chi connectivity index (χ0n) is 22.1. The topological polar surface area (TPSA) is 72.5 Å². The van der Waals surface area contributed by atoms with E-state index < -0.39 is 0 Å². The molecular formula is C27H39I5N2O2V-. The van der Waals surface area contributed by atoms with Gasteiger partial charge in [0.2, 0.25) is 0 Å². The average Bonchev–Trinajstić information content (AvgIpc) is 2.88. The number of hydrogen-bond acceptors (Lipinski definition) is 4. The van der Waals surface area contributed by atoms with E-state index >= 15 is 0 Å². The van der Waals surface area contributed by atoms with Crippen LogP contribution >= 0.6 is 97.2 Å². The van der Waals surface area contributed by atoms with E-state index in [4.69, 9.17) is 10.7 Å². The molecule has 2 aromatic rings. The molecule has 0 saturated carbocycles. The summed E-state index contributed by atoms with van der Waals surface area (Å²) >= 11 is 11.6. The van der Waals surface area contributed by atoms with Gasteiger partial charge in [-0.05, 0) is 40.5 Å². The molecule has 2 aromatic carbocycles. The Balaban J connectivity index is -0.000000600. The van der Waals surface area contributed by atoms with Crippen LogP contribution < -0.4 is 5.73 Å². The molecule has 4 nitrogen and oxygen atoms in total. The summed E-state index contributed by atoms with van der Waals surface area (Å²) in [5.41, 5.74) is 8.60. The molecule has 0 spiro atoms. The minimum absolute atomic E-state index is 0.129. The van der Waals surface area contributed by atoms with Gasteiger partial charge in [0.05, 0.1) is 5.71 Å². The van der Waals surface area contributed by atoms with E-state index in [1.807, 2.05) is 43.3 Å². The average molecular weight is 1110 g/mol. The molecule has 0 aromatic heterocycles. The Morgan fingerprint density at radius 2 is 1.14 bits per heavy atom. The van der Waals surface area contributed by atoms with Gasteiger partial charge in [-0.15, -0.1) is 0 Å². The van der Waals surface area contributed by atoms with E-state index in [9.17, 15) is 9.59 Å². The van der Waals surface area contributed by atoms with Gasteiger partial charge in [0.25, 0.3) is 0 Å². The SMILES string of the molecule is CC(=O)CCC(C)N.CC(=O)CCC(C)N=C(c1ccccc1)c1ccccc1.II.[CH2-]C.[I][V]([I])[I]. The number of rotatable bonds is 9. The van der Waals surface area contributed by atoms with Crippen LogP contribution in [-0.2, 0) is 14.5 Å². The first-order chi connectivity index (χ1) is 17.5. The summed E-state index contributed by atoms with van der Waals surface area (Å²) in [6.07, 6.45) is 2.81. The summed E-state index contributed by atoms with van der Waals surface area (Å²) in [6, 6.07) is 20.7. The molecule has 2 rings (SSSR count). The first kappa shape index (κ1) is 43.1. The first-order valence-corrected chi connectivity index (χ1v) is 31.4. The summed E-state index contributed by atoms with van der Waals surface area (Å²) < 4.78 is 0. The molecule has 37 heavy (non-hydrogen) atoms. The van der Waals surface area contributed by atoms with Gasteiger partial charge in [0, 0.05) is 73.3 Å². The van der Waals surface area contributed by atoms with Gasteiger partial charge in [0.15, 0.2) is 0 Å². The van der Waals surface area contributed by atoms with Gasteiger partial charge in [-0.25, -0.2) is 0 Å². The van der Waals surface area contributed by atoms with E-state index in [0.717, 1.165) is 29.7 Å². The second kappa shape index (κ2) is 30.6. The number of carbonyl (C=O) groups is 2. The number of Topliss-reactive ketones (excluding diaryl/α,β-unsaturated/α-hetero) is 2. The summed E-state index contributed by atoms with van der Waals surface area (Å²) in [6.45, 7) is 12.2. The van der Waals surface area contributed by atoms with E-state index in [2.05, 4.69) is 135 Å². The van der Waals surface area contributed by atoms with Crippen molar-refractivity contribution in [2.45, 2.75) is 72.4 Å². The van der Waals surface area contributed by atoms with E-state index in [0.29, 0.717) is 12.8 Å². The number of halogens is 5. The molecule has 0 heterocycles. The molecule has 210 valence electrons. The number of benzene rings is 2. The van der Waals surface area contributed by atoms with Crippen LogP contribution in [0, 0.1) is 6.92 Å². The third-order valence-corrected chi connectivity index (χ3v) is 4.31. The Morgan fingerprint density at radius 1 is 0.811 bits per heavy atom. The molecule has 0 bridgehead atoms. The van der Waals surface area contributed by atoms with Crippen LogP contribution in [0.25, 0.3) is 0 Å². The van der Waals surface area contributed by atoms with Crippen LogP contribution in [0.1, 0.15) is 71.4 Å². The standard InChI is InChI=1S/C19H21NO.C6H13NO.C2H5.I2.3HI.V/c1-15(13-14-16(2)21)20-19(17-9-5-3-6-10-17)18-11-7-4-8-12-18;1-5(7)3-4-6(2)8;2*1-2;;;;/h3-12,15H,13-14H2,1-2H3;5H,3-4,7H2,1-2H3;1H2,2H3;;3*1H;/q;;-1;;;;;+3/p-3. The molecule has 0 aliphatic heterocycles. The molecule has 2 atom stereocenters. The Kier molecular flexibility index (Phi) is 35.6. The van der Waals surface area contributed by atoms with Crippen molar-refractivity contribution in [3.8, 4) is 0 Å². The van der Waals surface area contributed by atoms with E-state index in [1.165, 1.54) is 0 Å². The maximum atomic E-state index is 11.1. The molecular weight excluding hydrogens is 1070 g/mol. The van der Waals surface area contributed by atoms with Gasteiger partial charge < -0.3 is 22.2 Å². The quantitative estimate of drug-likeness (QED) is 0.155. The van der Waals surface area contributed by atoms with Gasteiger partial charge in [-0.1, -0.05) is 60.7 Å². The van der Waals surface area contributed by atoms with Gasteiger partial charge >= 0.3 is 64.9 Å². The first-order valence-electron chi connectivity index (χ1n) is 11.6. The van der Waals surface area contributed by atoms with Crippen molar-refractivity contribution < 1.29 is 14.5 Å². The maximum absolute atomic E-state index is 11.1. The molecule has 0 aliphatic rings. The minimum atomic E-state index is -0.278. The van der Waals surface area contributed by atoms with Crippen molar-refractivity contribution in [1.29, 1.82) is 0 Å². The third kappa shape index (κ3) is 30.4. The number of nitrogens with two attached hydrogens (primary N) is 1. The van der Waals surface area contributed by atoms with Gasteiger partial charge in [0.1, 0.15) is 11.6 Å². The van der Waals surface area contributed by atoms with Crippen LogP contribution in [0.5, 0.6) is 0 Å². The predicted molar refractivity (Wildman–Crippen MR) is 203 cm³/mol. The Morgan fingerprint density at radius 3 is 1.41 bits per heavy atom. The molecule has 2 N–H and O–H groups in total. The van der Waals surface area contributed by atoms with Crippen LogP contribution in [0.2, 0.25) is 0 Å². The van der Waals surface area contributed by atoms with Crippen LogP contribution in [0.4, 0.5) is 0 Å². The second-order valence-corrected chi connectivity index (χ2v) is 43.1. The van der Waals surface area contributed by atoms with Crippen LogP contribution in [-0.4, -0.2) is 29.4 Å². The number of nitrogens with zero attached hydrogens (tertiary/aromatic N) is 1. The number of carbonyl (C=O) groups excluding carboxylic acids is 2. The summed E-state index contributed by atoms with van der Waals surface area (Å²) in [5.74, 6) is 0.445. The van der Waals surface area contributed by atoms with E-state index in [-0.39, 0.29) is 28.6 Å². The van der Waals surface area contributed by atoms with Crippen molar-refractivity contribution in [2.24, 2.45) is 10.7 Å². The van der Waals surface area contributed by atoms with Crippen LogP contribution in [0.15, 0.2) is 65.7 Å². The molecule has 0 radical (unpaired) electrons. The fraction of sp³-hybridized carbons (Fsp3) is 0.407. The van der Waals surface area contributed by atoms with Crippen molar-refractivity contribution >= 4 is 114 Å². The zero-order valence-corrected chi connectivity index (χ0v) is 34.3. The third-order valence-electron chi connectivity index (χ3n) is 4.31. The Labute approximate surface area is 286 Å². The fourth-order valence-electron chi connectivity index (χ4n) is 2.64. The second-order valence-electron chi connectivity index (χ2n) is 7.71. The summed E-state index contributed by atoms with van der Waals surface area (Å²) in [4.78, 5) is 26.0. The molecule has 0 aliphatic carbocycles. The van der Waals surface area contributed by atoms with E-state index in [1.54, 1.807) is 20.8 Å². The van der Waals surface area contributed by atoms with Gasteiger partial charge in [-0.2, -0.15) is 6.92 Å². The molecule has 10 heteroatoms. The van der Waals surface area contributed by atoms with Crippen molar-refractivity contribution in [3.63, 3.8) is 0 Å². The number of hydrogen-bond donors (Lipinski definition) is 1. The van der Waals surface area contributed by atoms with Crippen molar-refractivity contribution in [1.82, 2.24) is 0 Å². The van der Waals surface area contributed by atoms with Crippen LogP contribution in [0.3, 0.4) is 0 Å². The summed E-state index contributed by atoms with van der Waals surface area (Å²) in [5, 5.41) is 0. The van der Waals surface area contributed by atoms with Crippen molar-refractivity contribution in [3.05, 3.63) is 78.7 Å². The van der Waals surface area contributed by atoms with Gasteiger partial charge in [-0.3, -0.25) is 4.99 Å². The molecule has 0 amide bonds. The normalized spacial score (nSPS) is 10.8. The van der Waals surface area contributed by atoms with Crippen molar-refractivity contribution in [2.75, 3.05) is 0 Å². The fourth-order valence-corrected chi connectivity index (χ4v) is 2.64. The number of ketones is 2. The molecule has 2 unspecified atom stereocenters.